The Morgan fingerprint density at radius 2 is 2.26 bits per heavy atom. The molecule has 3 aromatic rings. The third-order valence-corrected chi connectivity index (χ3v) is 6.22. The molecule has 2 aromatic heterocycles. The van der Waals surface area contributed by atoms with Gasteiger partial charge in [-0.05, 0) is 71.3 Å². The number of hydrogen-bond acceptors (Lipinski definition) is 4. The first-order valence-electron chi connectivity index (χ1n) is 9.38. The number of rotatable bonds is 4. The summed E-state index contributed by atoms with van der Waals surface area (Å²) >= 11 is 1.64. The Hall–Kier alpha value is -2.40. The molecule has 1 aliphatic rings. The zero-order valence-corrected chi connectivity index (χ0v) is 16.6. The van der Waals surface area contributed by atoms with E-state index in [1.165, 1.54) is 5.39 Å². The fourth-order valence-corrected chi connectivity index (χ4v) is 4.60. The highest BCUT2D eigenvalue weighted by Crippen LogP contribution is 2.31. The molecular formula is C22H24N2O2S. The van der Waals surface area contributed by atoms with E-state index in [1.807, 2.05) is 28.6 Å². The molecule has 1 unspecified atom stereocenters. The molecule has 0 radical (unpaired) electrons. The second-order valence-electron chi connectivity index (χ2n) is 7.21. The fourth-order valence-electron chi connectivity index (χ4n) is 3.93. The van der Waals surface area contributed by atoms with Gasteiger partial charge in [-0.1, -0.05) is 0 Å². The Balaban J connectivity index is 1.55. The number of pyridine rings is 1. The average molecular weight is 381 g/mol. The topological polar surface area (TPSA) is 42.4 Å². The molecule has 5 heteroatoms. The molecule has 140 valence electrons. The second kappa shape index (κ2) is 7.69. The third-order valence-electron chi connectivity index (χ3n) is 5.49. The molecule has 4 nitrogen and oxygen atoms in total. The normalized spacial score (nSPS) is 17.3. The summed E-state index contributed by atoms with van der Waals surface area (Å²) in [5, 5.41) is 6.39. The molecule has 1 saturated heterocycles. The summed E-state index contributed by atoms with van der Waals surface area (Å²) in [4.78, 5) is 19.4. The van der Waals surface area contributed by atoms with E-state index in [-0.39, 0.29) is 5.91 Å². The summed E-state index contributed by atoms with van der Waals surface area (Å²) < 4.78 is 5.46. The zero-order valence-electron chi connectivity index (χ0n) is 15.8. The van der Waals surface area contributed by atoms with Crippen LogP contribution in [0.2, 0.25) is 0 Å². The van der Waals surface area contributed by atoms with Crippen LogP contribution in [0.3, 0.4) is 0 Å². The van der Waals surface area contributed by atoms with Crippen LogP contribution in [0.5, 0.6) is 5.75 Å². The summed E-state index contributed by atoms with van der Waals surface area (Å²) in [5.74, 6) is 1.41. The summed E-state index contributed by atoms with van der Waals surface area (Å²) in [6, 6.07) is 8.26. The number of nitrogens with zero attached hydrogens (tertiary/aromatic N) is 2. The predicted molar refractivity (Wildman–Crippen MR) is 110 cm³/mol. The van der Waals surface area contributed by atoms with Crippen molar-refractivity contribution in [3.05, 3.63) is 58.0 Å². The number of piperidine rings is 1. The van der Waals surface area contributed by atoms with Crippen LogP contribution in [0.25, 0.3) is 10.8 Å². The van der Waals surface area contributed by atoms with Crippen LogP contribution >= 0.6 is 11.3 Å². The first-order valence-corrected chi connectivity index (χ1v) is 10.3. The van der Waals surface area contributed by atoms with Crippen molar-refractivity contribution in [1.82, 2.24) is 9.88 Å². The molecule has 0 N–H and O–H groups in total. The van der Waals surface area contributed by atoms with Gasteiger partial charge in [0.05, 0.1) is 13.5 Å². The SMILES string of the molecule is COc1ccc2cnc(C3CCCN(C(=O)Cc4ccsc4)C3)cc2c1C. The van der Waals surface area contributed by atoms with Crippen molar-refractivity contribution >= 4 is 28.0 Å². The Labute approximate surface area is 163 Å². The minimum absolute atomic E-state index is 0.219. The minimum atomic E-state index is 0.219. The summed E-state index contributed by atoms with van der Waals surface area (Å²) in [6.45, 7) is 3.69. The van der Waals surface area contributed by atoms with E-state index >= 15 is 0 Å². The van der Waals surface area contributed by atoms with Crippen LogP contribution in [0.1, 0.15) is 35.6 Å². The lowest BCUT2D eigenvalue weighted by Gasteiger charge is -2.32. The first-order chi connectivity index (χ1) is 13.2. The van der Waals surface area contributed by atoms with Gasteiger partial charge in [0.1, 0.15) is 5.75 Å². The number of methoxy groups -OCH3 is 1. The quantitative estimate of drug-likeness (QED) is 0.666. The standard InChI is InChI=1S/C22H24N2O2S/c1-15-19-11-20(23-12-17(19)5-6-21(15)26-2)18-4-3-8-24(13-18)22(25)10-16-7-9-27-14-16/h5-7,9,11-12,14,18H,3-4,8,10,13H2,1-2H3. The van der Waals surface area contributed by atoms with E-state index in [9.17, 15) is 4.79 Å². The maximum Gasteiger partial charge on any atom is 0.227 e. The molecule has 0 bridgehead atoms. The lowest BCUT2D eigenvalue weighted by Crippen LogP contribution is -2.40. The van der Waals surface area contributed by atoms with Crippen LogP contribution in [0.4, 0.5) is 0 Å². The molecule has 1 aromatic carbocycles. The molecule has 4 rings (SSSR count). The van der Waals surface area contributed by atoms with Gasteiger partial charge in [0, 0.05) is 36.3 Å². The number of hydrogen-bond donors (Lipinski definition) is 0. The van der Waals surface area contributed by atoms with E-state index in [2.05, 4.69) is 24.4 Å². The van der Waals surface area contributed by atoms with Gasteiger partial charge in [0.15, 0.2) is 0 Å². The molecule has 0 saturated carbocycles. The van der Waals surface area contributed by atoms with E-state index in [0.29, 0.717) is 12.3 Å². The molecule has 1 atom stereocenters. The highest BCUT2D eigenvalue weighted by atomic mass is 32.1. The van der Waals surface area contributed by atoms with E-state index in [1.54, 1.807) is 18.4 Å². The highest BCUT2D eigenvalue weighted by molar-refractivity contribution is 7.08. The monoisotopic (exact) mass is 380 g/mol. The molecule has 1 fully saturated rings. The fraction of sp³-hybridized carbons (Fsp3) is 0.364. The van der Waals surface area contributed by atoms with Crippen LogP contribution in [0.15, 0.2) is 41.2 Å². The maximum absolute atomic E-state index is 12.7. The zero-order chi connectivity index (χ0) is 18.8. The lowest BCUT2D eigenvalue weighted by molar-refractivity contribution is -0.131. The van der Waals surface area contributed by atoms with Crippen molar-refractivity contribution < 1.29 is 9.53 Å². The van der Waals surface area contributed by atoms with Crippen LogP contribution in [-0.4, -0.2) is 36.0 Å². The molecule has 1 amide bonds. The van der Waals surface area contributed by atoms with Crippen molar-refractivity contribution in [3.63, 3.8) is 0 Å². The van der Waals surface area contributed by atoms with Gasteiger partial charge in [0.25, 0.3) is 0 Å². The largest absolute Gasteiger partial charge is 0.496 e. The second-order valence-corrected chi connectivity index (χ2v) is 7.99. The van der Waals surface area contributed by atoms with Gasteiger partial charge < -0.3 is 9.64 Å². The summed E-state index contributed by atoms with van der Waals surface area (Å²) in [6.07, 6.45) is 4.54. The van der Waals surface area contributed by atoms with Gasteiger partial charge >= 0.3 is 0 Å². The van der Waals surface area contributed by atoms with Crippen LogP contribution < -0.4 is 4.74 Å². The van der Waals surface area contributed by atoms with E-state index in [4.69, 9.17) is 9.72 Å². The molecule has 0 spiro atoms. The number of likely N-dealkylation sites (tertiary alicyclic amines) is 1. The van der Waals surface area contributed by atoms with Gasteiger partial charge in [-0.15, -0.1) is 0 Å². The summed E-state index contributed by atoms with van der Waals surface area (Å²) in [5.41, 5.74) is 3.32. The van der Waals surface area contributed by atoms with Crippen molar-refractivity contribution in [2.24, 2.45) is 0 Å². The number of fused-ring (bicyclic) bond motifs is 1. The van der Waals surface area contributed by atoms with Gasteiger partial charge in [-0.3, -0.25) is 9.78 Å². The lowest BCUT2D eigenvalue weighted by atomic mass is 9.92. The summed E-state index contributed by atoms with van der Waals surface area (Å²) in [7, 11) is 1.70. The van der Waals surface area contributed by atoms with Gasteiger partial charge in [-0.2, -0.15) is 11.3 Å². The maximum atomic E-state index is 12.7. The third kappa shape index (κ3) is 3.69. The van der Waals surface area contributed by atoms with Crippen molar-refractivity contribution in [3.8, 4) is 5.75 Å². The van der Waals surface area contributed by atoms with Crippen molar-refractivity contribution in [1.29, 1.82) is 0 Å². The molecule has 0 aliphatic carbocycles. The van der Waals surface area contributed by atoms with Crippen molar-refractivity contribution in [2.75, 3.05) is 20.2 Å². The average Bonchev–Trinajstić information content (AvgIpc) is 3.21. The molecule has 1 aliphatic heterocycles. The van der Waals surface area contributed by atoms with Crippen molar-refractivity contribution in [2.45, 2.75) is 32.1 Å². The van der Waals surface area contributed by atoms with Crippen LogP contribution in [-0.2, 0) is 11.2 Å². The minimum Gasteiger partial charge on any atom is -0.496 e. The smallest absolute Gasteiger partial charge is 0.227 e. The predicted octanol–water partition coefficient (Wildman–Crippen LogP) is 4.56. The number of aromatic nitrogens is 1. The molecular weight excluding hydrogens is 356 g/mol. The number of thiophene rings is 1. The number of aryl methyl sites for hydroxylation is 1. The van der Waals surface area contributed by atoms with Crippen LogP contribution in [0, 0.1) is 6.92 Å². The number of ether oxygens (including phenoxy) is 1. The highest BCUT2D eigenvalue weighted by Gasteiger charge is 2.26. The Bertz CT molecular complexity index is 952. The van der Waals surface area contributed by atoms with Gasteiger partial charge in [-0.25, -0.2) is 0 Å². The Kier molecular flexibility index (Phi) is 5.12. The Morgan fingerprint density at radius 1 is 1.37 bits per heavy atom. The molecule has 3 heterocycles. The first kappa shape index (κ1) is 18.0. The number of benzene rings is 1. The Morgan fingerprint density at radius 3 is 3.04 bits per heavy atom. The molecule has 27 heavy (non-hydrogen) atoms. The number of amides is 1. The number of carbonyl (C=O) groups excluding carboxylic acids is 1. The van der Waals surface area contributed by atoms with E-state index < -0.39 is 0 Å². The van der Waals surface area contributed by atoms with E-state index in [0.717, 1.165) is 53.9 Å². The number of carbonyl (C=O) groups is 1. The van der Waals surface area contributed by atoms with Gasteiger partial charge in [0.2, 0.25) is 5.91 Å².